The number of pyridine rings is 1. The van der Waals surface area contributed by atoms with E-state index >= 15 is 0 Å². The molecule has 0 bridgehead atoms. The van der Waals surface area contributed by atoms with E-state index in [2.05, 4.69) is 10.1 Å². The van der Waals surface area contributed by atoms with Crippen LogP contribution in [0.4, 0.5) is 0 Å². The Morgan fingerprint density at radius 2 is 1.53 bits per heavy atom. The van der Waals surface area contributed by atoms with Gasteiger partial charge in [0.1, 0.15) is 0 Å². The van der Waals surface area contributed by atoms with Crippen LogP contribution in [-0.2, 0) is 20.2 Å². The van der Waals surface area contributed by atoms with Crippen molar-refractivity contribution in [3.63, 3.8) is 0 Å². The van der Waals surface area contributed by atoms with Gasteiger partial charge in [0.2, 0.25) is 0 Å². The third-order valence-electron chi connectivity index (χ3n) is 0.878. The Bertz CT molecular complexity index is 520. The highest BCUT2D eigenvalue weighted by Crippen LogP contribution is 1.86. The molecule has 1 aromatic rings. The highest BCUT2D eigenvalue weighted by atomic mass is 32.2. The van der Waals surface area contributed by atoms with Crippen molar-refractivity contribution in [2.75, 3.05) is 12.5 Å². The quantitative estimate of drug-likeness (QED) is 0.281. The first-order valence-electron chi connectivity index (χ1n) is 4.37. The first kappa shape index (κ1) is 19.8. The van der Waals surface area contributed by atoms with E-state index in [1.165, 1.54) is 6.21 Å². The van der Waals surface area contributed by atoms with Gasteiger partial charge in [0, 0.05) is 6.20 Å². The minimum Gasteiger partial charge on any atom is -0.411 e. The maximum absolute atomic E-state index is 9.19. The summed E-state index contributed by atoms with van der Waals surface area (Å²) >= 11 is 0. The standard InChI is InChI=1S/C6H6N2O.2CH4O3S/c9-8-5-6-3-1-2-4-7-6;2*1-5(2,3)4/h1-5,9H;2*1H3,(H,2,3,4). The molecule has 0 radical (unpaired) electrons. The Balaban J connectivity index is 0. The van der Waals surface area contributed by atoms with E-state index in [9.17, 15) is 16.8 Å². The van der Waals surface area contributed by atoms with Crippen molar-refractivity contribution >= 4 is 26.5 Å². The molecule has 0 spiro atoms. The first-order valence-corrected chi connectivity index (χ1v) is 8.06. The summed E-state index contributed by atoms with van der Waals surface area (Å²) in [7, 11) is -7.33. The molecule has 19 heavy (non-hydrogen) atoms. The second-order valence-electron chi connectivity index (χ2n) is 2.97. The number of hydrogen-bond acceptors (Lipinski definition) is 7. The van der Waals surface area contributed by atoms with Gasteiger partial charge in [0.05, 0.1) is 24.4 Å². The Labute approximate surface area is 111 Å². The van der Waals surface area contributed by atoms with Crippen LogP contribution in [0.25, 0.3) is 0 Å². The highest BCUT2D eigenvalue weighted by Gasteiger charge is 1.82. The van der Waals surface area contributed by atoms with Gasteiger partial charge in [-0.05, 0) is 12.1 Å². The molecule has 0 unspecified atom stereocenters. The normalized spacial score (nSPS) is 10.9. The molecule has 110 valence electrons. The van der Waals surface area contributed by atoms with Crippen molar-refractivity contribution in [2.24, 2.45) is 5.16 Å². The topological polar surface area (TPSA) is 154 Å². The molecule has 9 nitrogen and oxygen atoms in total. The fraction of sp³-hybridized carbons (Fsp3) is 0.250. The van der Waals surface area contributed by atoms with Gasteiger partial charge >= 0.3 is 0 Å². The lowest BCUT2D eigenvalue weighted by molar-refractivity contribution is 0.321. The Morgan fingerprint density at radius 3 is 1.79 bits per heavy atom. The number of aromatic nitrogens is 1. The third-order valence-corrected chi connectivity index (χ3v) is 0.878. The van der Waals surface area contributed by atoms with Crippen LogP contribution in [0.15, 0.2) is 29.6 Å². The summed E-state index contributed by atoms with van der Waals surface area (Å²) in [4.78, 5) is 3.86. The predicted octanol–water partition coefficient (Wildman–Crippen LogP) is -0.102. The van der Waals surface area contributed by atoms with Crippen LogP contribution < -0.4 is 0 Å². The SMILES string of the molecule is CS(=O)(=O)O.CS(=O)(=O)O.ON=Cc1ccccn1. The van der Waals surface area contributed by atoms with E-state index < -0.39 is 20.2 Å². The zero-order chi connectivity index (χ0) is 15.5. The van der Waals surface area contributed by atoms with Gasteiger partial charge in [-0.1, -0.05) is 11.2 Å². The van der Waals surface area contributed by atoms with Gasteiger partial charge in [0.25, 0.3) is 20.2 Å². The maximum atomic E-state index is 9.19. The Hall–Kier alpha value is -1.56. The monoisotopic (exact) mass is 314 g/mol. The van der Waals surface area contributed by atoms with E-state index in [1.807, 2.05) is 6.07 Å². The molecule has 0 aliphatic carbocycles. The Morgan fingerprint density at radius 1 is 1.11 bits per heavy atom. The van der Waals surface area contributed by atoms with Crippen LogP contribution in [0.2, 0.25) is 0 Å². The summed E-state index contributed by atoms with van der Waals surface area (Å²) in [5.74, 6) is 0. The molecule has 0 aliphatic heterocycles. The average Bonchev–Trinajstić information content (AvgIpc) is 2.14. The van der Waals surface area contributed by atoms with Gasteiger partial charge in [-0.2, -0.15) is 16.8 Å². The third kappa shape index (κ3) is 38.5. The van der Waals surface area contributed by atoms with Crippen LogP contribution >= 0.6 is 0 Å². The van der Waals surface area contributed by atoms with Gasteiger partial charge in [0.15, 0.2) is 0 Å². The summed E-state index contributed by atoms with van der Waals surface area (Å²) in [6.07, 6.45) is 4.34. The minimum absolute atomic E-state index is 0.653. The van der Waals surface area contributed by atoms with Crippen LogP contribution in [0, 0.1) is 0 Å². The molecule has 0 aliphatic rings. The summed E-state index contributed by atoms with van der Waals surface area (Å²) in [5.41, 5.74) is 0.653. The van der Waals surface area contributed by atoms with Crippen molar-refractivity contribution in [2.45, 2.75) is 0 Å². The summed E-state index contributed by atoms with van der Waals surface area (Å²) < 4.78 is 51.7. The van der Waals surface area contributed by atoms with E-state index in [4.69, 9.17) is 14.3 Å². The number of oxime groups is 1. The molecule has 0 amide bonds. The van der Waals surface area contributed by atoms with Crippen molar-refractivity contribution in [3.8, 4) is 0 Å². The lowest BCUT2D eigenvalue weighted by Crippen LogP contribution is -1.88. The molecule has 1 heterocycles. The second-order valence-corrected chi connectivity index (χ2v) is 5.90. The van der Waals surface area contributed by atoms with E-state index in [-0.39, 0.29) is 0 Å². The van der Waals surface area contributed by atoms with Crippen LogP contribution in [0.5, 0.6) is 0 Å². The molecule has 1 aromatic heterocycles. The van der Waals surface area contributed by atoms with Gasteiger partial charge in [-0.25, -0.2) is 0 Å². The molecule has 0 fully saturated rings. The molecule has 1 rings (SSSR count). The number of hydrogen-bond donors (Lipinski definition) is 3. The average molecular weight is 314 g/mol. The lowest BCUT2D eigenvalue weighted by Gasteiger charge is -1.84. The highest BCUT2D eigenvalue weighted by molar-refractivity contribution is 7.85. The summed E-state index contributed by atoms with van der Waals surface area (Å²) in [5, 5.41) is 10.9. The second kappa shape index (κ2) is 9.38. The van der Waals surface area contributed by atoms with E-state index in [1.54, 1.807) is 18.3 Å². The lowest BCUT2D eigenvalue weighted by atomic mass is 10.4. The van der Waals surface area contributed by atoms with E-state index in [0.717, 1.165) is 0 Å². The largest absolute Gasteiger partial charge is 0.411 e. The zero-order valence-electron chi connectivity index (χ0n) is 10.1. The van der Waals surface area contributed by atoms with Crippen molar-refractivity contribution < 1.29 is 31.1 Å². The molecule has 0 saturated carbocycles. The molecule has 3 N–H and O–H groups in total. The van der Waals surface area contributed by atoms with Crippen LogP contribution in [-0.4, -0.2) is 54.9 Å². The molecule has 0 atom stereocenters. The first-order chi connectivity index (χ1) is 8.43. The smallest absolute Gasteiger partial charge is 0.261 e. The fourth-order valence-corrected chi connectivity index (χ4v) is 0.511. The minimum atomic E-state index is -3.67. The summed E-state index contributed by atoms with van der Waals surface area (Å²) in [6.45, 7) is 0. The van der Waals surface area contributed by atoms with Crippen molar-refractivity contribution in [1.82, 2.24) is 4.98 Å². The molecular formula is C8H14N2O7S2. The van der Waals surface area contributed by atoms with Gasteiger partial charge < -0.3 is 5.21 Å². The summed E-state index contributed by atoms with van der Waals surface area (Å²) in [6, 6.07) is 5.37. The molecule has 11 heteroatoms. The van der Waals surface area contributed by atoms with Crippen molar-refractivity contribution in [3.05, 3.63) is 30.1 Å². The van der Waals surface area contributed by atoms with Gasteiger partial charge in [-0.15, -0.1) is 0 Å². The number of rotatable bonds is 1. The number of nitrogens with zero attached hydrogens (tertiary/aromatic N) is 2. The van der Waals surface area contributed by atoms with Gasteiger partial charge in [-0.3, -0.25) is 14.1 Å². The predicted molar refractivity (Wildman–Crippen MR) is 68.6 cm³/mol. The fourth-order valence-electron chi connectivity index (χ4n) is 0.511. The molecule has 0 saturated heterocycles. The molecule has 0 aromatic carbocycles. The van der Waals surface area contributed by atoms with Crippen LogP contribution in [0.1, 0.15) is 5.69 Å². The maximum Gasteiger partial charge on any atom is 0.261 e. The molecular weight excluding hydrogens is 300 g/mol. The van der Waals surface area contributed by atoms with E-state index in [0.29, 0.717) is 18.2 Å². The van der Waals surface area contributed by atoms with Crippen molar-refractivity contribution in [1.29, 1.82) is 0 Å². The zero-order valence-corrected chi connectivity index (χ0v) is 11.7. The van der Waals surface area contributed by atoms with Crippen LogP contribution in [0.3, 0.4) is 0 Å². The Kier molecular flexibility index (Phi) is 9.76.